The van der Waals surface area contributed by atoms with Gasteiger partial charge in [-0.2, -0.15) is 0 Å². The molecule has 0 saturated carbocycles. The van der Waals surface area contributed by atoms with Gasteiger partial charge >= 0.3 is 0 Å². The van der Waals surface area contributed by atoms with Crippen LogP contribution in [0.3, 0.4) is 0 Å². The number of nitrogens with one attached hydrogen (secondary N) is 1. The molecule has 0 aliphatic carbocycles. The Morgan fingerprint density at radius 1 is 0.474 bits per heavy atom. The third-order valence-electron chi connectivity index (χ3n) is 13.1. The Labute approximate surface area is 449 Å². The Hall–Kier alpha value is -7.80. The van der Waals surface area contributed by atoms with Gasteiger partial charge in [-0.1, -0.05) is 179 Å². The summed E-state index contributed by atoms with van der Waals surface area (Å²) in [5.74, 6) is 3.31. The van der Waals surface area contributed by atoms with Crippen molar-refractivity contribution in [3.63, 3.8) is 0 Å². The topological polar surface area (TPSA) is 124 Å². The predicted octanol–water partition coefficient (Wildman–Crippen LogP) is 13.4. The molecule has 4 aromatic heterocycles. The third-order valence-corrected chi connectivity index (χ3v) is 13.1. The molecule has 0 spiro atoms. The molecule has 394 valence electrons. The first kappa shape index (κ1) is 54.5. The van der Waals surface area contributed by atoms with Crippen molar-refractivity contribution in [2.75, 3.05) is 40.2 Å². The van der Waals surface area contributed by atoms with Crippen LogP contribution in [-0.4, -0.2) is 70.6 Å². The lowest BCUT2D eigenvalue weighted by molar-refractivity contribution is 0.0625. The molecule has 6 aromatic carbocycles. The van der Waals surface area contributed by atoms with Crippen molar-refractivity contribution < 1.29 is 10.2 Å². The van der Waals surface area contributed by atoms with Crippen LogP contribution in [0, 0.1) is 0 Å². The summed E-state index contributed by atoms with van der Waals surface area (Å²) in [7, 11) is 2.08. The summed E-state index contributed by atoms with van der Waals surface area (Å²) in [4.78, 5) is 27.6. The standard InChI is InChI=1S/C32H37N5O.C31H35N5O.CH4/c1-5-20-35(4)31-34-28-29(37(31)23-32(2,3)38)26-18-12-13-19-27(26)33-30(28)36(21-24-14-8-6-9-15-24)22-25-16-10-7-11-17-25;1-4-19-32-30-34-27-28(36(30)22-31(2,3)37)25-17-11-12-18-26(25)33-29(27)35(20-23-13-7-5-8-14-23)21-24-15-9-6-10-16-24;/h6-19,38H,5,20-23H2,1-4H3;5-18,37H,4,19-22H2,1-3H3,(H,32,34);1H4. The Kier molecular flexibility index (Phi) is 17.4. The van der Waals surface area contributed by atoms with Gasteiger partial charge in [0, 0.05) is 57.1 Å². The molecule has 0 amide bonds. The minimum atomic E-state index is -0.909. The van der Waals surface area contributed by atoms with Gasteiger partial charge in [-0.05, 0) is 74.9 Å². The van der Waals surface area contributed by atoms with Gasteiger partial charge in [0.25, 0.3) is 0 Å². The van der Waals surface area contributed by atoms with E-state index in [1.807, 2.05) is 76.2 Å². The molecule has 4 heterocycles. The average molecular weight is 1020 g/mol. The molecule has 12 heteroatoms. The van der Waals surface area contributed by atoms with Crippen LogP contribution in [0.2, 0.25) is 0 Å². The molecule has 0 saturated heterocycles. The first-order valence-corrected chi connectivity index (χ1v) is 26.4. The van der Waals surface area contributed by atoms with Crippen LogP contribution >= 0.6 is 0 Å². The molecule has 10 aromatic rings. The van der Waals surface area contributed by atoms with Crippen molar-refractivity contribution in [3.05, 3.63) is 192 Å². The van der Waals surface area contributed by atoms with Crippen LogP contribution in [0.4, 0.5) is 23.5 Å². The molecule has 0 unspecified atom stereocenters. The maximum absolute atomic E-state index is 10.9. The highest BCUT2D eigenvalue weighted by atomic mass is 16.3. The van der Waals surface area contributed by atoms with Crippen LogP contribution in [0.5, 0.6) is 0 Å². The first-order valence-electron chi connectivity index (χ1n) is 26.4. The Morgan fingerprint density at radius 3 is 1.24 bits per heavy atom. The Morgan fingerprint density at radius 2 is 0.842 bits per heavy atom. The maximum atomic E-state index is 10.9. The smallest absolute Gasteiger partial charge is 0.206 e. The average Bonchev–Trinajstić information content (AvgIpc) is 3.98. The van der Waals surface area contributed by atoms with E-state index in [1.54, 1.807) is 0 Å². The van der Waals surface area contributed by atoms with E-state index in [9.17, 15) is 10.2 Å². The van der Waals surface area contributed by atoms with Gasteiger partial charge in [-0.25, -0.2) is 19.9 Å². The lowest BCUT2D eigenvalue weighted by Gasteiger charge is -2.26. The van der Waals surface area contributed by atoms with E-state index in [2.05, 4.69) is 171 Å². The Bertz CT molecular complexity index is 3360. The molecule has 3 N–H and O–H groups in total. The lowest BCUT2D eigenvalue weighted by Crippen LogP contribution is -2.29. The molecule has 76 heavy (non-hydrogen) atoms. The second-order valence-corrected chi connectivity index (χ2v) is 20.9. The van der Waals surface area contributed by atoms with E-state index in [1.165, 1.54) is 22.3 Å². The molecular weight excluding hydrogens is 941 g/mol. The predicted molar refractivity (Wildman–Crippen MR) is 317 cm³/mol. The summed E-state index contributed by atoms with van der Waals surface area (Å²) >= 11 is 0. The first-order chi connectivity index (χ1) is 36.3. The molecule has 0 radical (unpaired) electrons. The minimum Gasteiger partial charge on any atom is -0.389 e. The number of hydrogen-bond acceptors (Lipinski definition) is 10. The summed E-state index contributed by atoms with van der Waals surface area (Å²) in [6, 6.07) is 58.5. The lowest BCUT2D eigenvalue weighted by atomic mass is 10.1. The van der Waals surface area contributed by atoms with Gasteiger partial charge < -0.3 is 39.4 Å². The number of pyridine rings is 2. The van der Waals surface area contributed by atoms with Crippen molar-refractivity contribution in [3.8, 4) is 0 Å². The van der Waals surface area contributed by atoms with Crippen LogP contribution < -0.4 is 20.0 Å². The van der Waals surface area contributed by atoms with Crippen molar-refractivity contribution in [2.45, 2.75) is 112 Å². The highest BCUT2D eigenvalue weighted by molar-refractivity contribution is 6.09. The zero-order valence-corrected chi connectivity index (χ0v) is 44.7. The maximum Gasteiger partial charge on any atom is 0.206 e. The van der Waals surface area contributed by atoms with Crippen LogP contribution in [0.1, 0.15) is 84.1 Å². The van der Waals surface area contributed by atoms with Gasteiger partial charge in [0.2, 0.25) is 11.9 Å². The van der Waals surface area contributed by atoms with Crippen molar-refractivity contribution in [1.29, 1.82) is 0 Å². The molecule has 0 aliphatic rings. The zero-order chi connectivity index (χ0) is 52.5. The van der Waals surface area contributed by atoms with Crippen LogP contribution in [0.25, 0.3) is 43.9 Å². The third kappa shape index (κ3) is 13.0. The monoisotopic (exact) mass is 1020 g/mol. The fraction of sp³-hybridized carbons (Fsp3) is 0.312. The quantitative estimate of drug-likeness (QED) is 0.0680. The normalized spacial score (nSPS) is 11.6. The number of para-hydroxylation sites is 2. The zero-order valence-electron chi connectivity index (χ0n) is 44.7. The largest absolute Gasteiger partial charge is 0.389 e. The van der Waals surface area contributed by atoms with E-state index in [0.717, 1.165) is 93.3 Å². The number of benzene rings is 6. The molecular formula is C64H76N10O2. The molecule has 12 nitrogen and oxygen atoms in total. The van der Waals surface area contributed by atoms with Gasteiger partial charge in [0.1, 0.15) is 11.0 Å². The second-order valence-electron chi connectivity index (χ2n) is 20.9. The van der Waals surface area contributed by atoms with E-state index in [-0.39, 0.29) is 7.43 Å². The SMILES string of the molecule is C.CCCN(C)c1nc2c(N(Cc3ccccc3)Cc3ccccc3)nc3ccccc3c2n1CC(C)(C)O.CCCNc1nc2c(N(Cc3ccccc3)Cc3ccccc3)nc3ccccc3c2n1CC(C)(C)O. The van der Waals surface area contributed by atoms with E-state index in [4.69, 9.17) is 19.9 Å². The van der Waals surface area contributed by atoms with Gasteiger partial charge in [0.15, 0.2) is 11.6 Å². The van der Waals surface area contributed by atoms with Crippen molar-refractivity contribution in [1.82, 2.24) is 29.1 Å². The summed E-state index contributed by atoms with van der Waals surface area (Å²) in [6.07, 6.45) is 1.98. The number of aromatic nitrogens is 6. The number of rotatable bonds is 20. The molecule has 0 bridgehead atoms. The molecule has 10 rings (SSSR count). The summed E-state index contributed by atoms with van der Waals surface area (Å²) in [6.45, 7) is 17.0. The van der Waals surface area contributed by atoms with Crippen molar-refractivity contribution in [2.24, 2.45) is 0 Å². The highest BCUT2D eigenvalue weighted by Crippen LogP contribution is 2.38. The number of aliphatic hydroxyl groups is 2. The number of fused-ring (bicyclic) bond motifs is 6. The number of imidazole rings is 2. The second kappa shape index (κ2) is 24.3. The van der Waals surface area contributed by atoms with Gasteiger partial charge in [0.05, 0.1) is 46.4 Å². The number of nitrogens with zero attached hydrogens (tertiary/aromatic N) is 9. The van der Waals surface area contributed by atoms with Crippen LogP contribution in [-0.2, 0) is 39.3 Å². The highest BCUT2D eigenvalue weighted by Gasteiger charge is 2.28. The molecule has 0 aliphatic heterocycles. The van der Waals surface area contributed by atoms with Crippen molar-refractivity contribution >= 4 is 67.4 Å². The fourth-order valence-electron chi connectivity index (χ4n) is 9.87. The summed E-state index contributed by atoms with van der Waals surface area (Å²) in [5, 5.41) is 27.3. The minimum absolute atomic E-state index is 0. The Balaban J connectivity index is 0.000000199. The number of hydrogen-bond donors (Lipinski definition) is 3. The fourth-order valence-corrected chi connectivity index (χ4v) is 9.87. The van der Waals surface area contributed by atoms with Crippen LogP contribution in [0.15, 0.2) is 170 Å². The number of anilines is 4. The molecule has 0 atom stereocenters. The van der Waals surface area contributed by atoms with E-state index >= 15 is 0 Å². The van der Waals surface area contributed by atoms with E-state index in [0.29, 0.717) is 39.3 Å². The summed E-state index contributed by atoms with van der Waals surface area (Å²) in [5.41, 5.74) is 8.57. The van der Waals surface area contributed by atoms with Gasteiger partial charge in [-0.3, -0.25) is 0 Å². The summed E-state index contributed by atoms with van der Waals surface area (Å²) < 4.78 is 4.31. The molecule has 0 fully saturated rings. The van der Waals surface area contributed by atoms with E-state index < -0.39 is 11.2 Å². The van der Waals surface area contributed by atoms with Gasteiger partial charge in [-0.15, -0.1) is 0 Å².